The van der Waals surface area contributed by atoms with Crippen LogP contribution in [-0.2, 0) is 19.6 Å². The lowest BCUT2D eigenvalue weighted by molar-refractivity contribution is -0.137. The molecule has 2 aromatic carbocycles. The van der Waals surface area contributed by atoms with Gasteiger partial charge in [-0.1, -0.05) is 25.5 Å². The Labute approximate surface area is 200 Å². The maximum atomic E-state index is 13.2. The molecule has 180 valence electrons. The van der Waals surface area contributed by atoms with Gasteiger partial charge in [-0.05, 0) is 66.9 Å². The van der Waals surface area contributed by atoms with Crippen molar-refractivity contribution in [2.45, 2.75) is 32.9 Å². The summed E-state index contributed by atoms with van der Waals surface area (Å²) in [5.41, 5.74) is 2.73. The molecule has 8 heteroatoms. The van der Waals surface area contributed by atoms with Crippen LogP contribution >= 0.6 is 0 Å². The van der Waals surface area contributed by atoms with Crippen LogP contribution in [0.5, 0.6) is 0 Å². The molecule has 0 saturated heterocycles. The minimum Gasteiger partial charge on any atom is -0.322 e. The third-order valence-corrected chi connectivity index (χ3v) is 5.91. The number of carbonyl (C=O) groups is 1. The number of alkyl halides is 3. The number of halogens is 3. The van der Waals surface area contributed by atoms with Crippen molar-refractivity contribution in [2.75, 3.05) is 5.32 Å². The number of benzene rings is 2. The maximum absolute atomic E-state index is 13.2. The van der Waals surface area contributed by atoms with Gasteiger partial charge in [-0.3, -0.25) is 14.6 Å². The SMILES string of the molecule is CCCc1cc2c(cn1)cc(-c1cc(NC(=O)c3cccc(C(F)(F)F)c3)ccc1C)c(=O)n2C. The highest BCUT2D eigenvalue weighted by molar-refractivity contribution is 6.04. The number of anilines is 1. The van der Waals surface area contributed by atoms with Gasteiger partial charge in [-0.15, -0.1) is 0 Å². The van der Waals surface area contributed by atoms with Crippen LogP contribution in [0.2, 0.25) is 0 Å². The fourth-order valence-corrected chi connectivity index (χ4v) is 4.02. The molecule has 35 heavy (non-hydrogen) atoms. The number of hydrogen-bond acceptors (Lipinski definition) is 3. The fraction of sp³-hybridized carbons (Fsp3) is 0.222. The van der Waals surface area contributed by atoms with Crippen LogP contribution in [0.15, 0.2) is 65.6 Å². The number of pyridine rings is 2. The van der Waals surface area contributed by atoms with Crippen molar-refractivity contribution in [2.24, 2.45) is 7.05 Å². The van der Waals surface area contributed by atoms with Crippen LogP contribution in [0.1, 0.15) is 40.5 Å². The first kappa shape index (κ1) is 24.2. The third kappa shape index (κ3) is 4.96. The van der Waals surface area contributed by atoms with Crippen molar-refractivity contribution in [3.05, 3.63) is 93.5 Å². The van der Waals surface area contributed by atoms with Gasteiger partial charge in [-0.25, -0.2) is 0 Å². The number of aryl methyl sites for hydroxylation is 3. The molecule has 4 aromatic rings. The molecule has 1 amide bonds. The number of fused-ring (bicyclic) bond motifs is 1. The molecule has 2 heterocycles. The van der Waals surface area contributed by atoms with Gasteiger partial charge in [-0.2, -0.15) is 13.2 Å². The minimum atomic E-state index is -4.55. The van der Waals surface area contributed by atoms with E-state index in [0.717, 1.165) is 47.1 Å². The normalized spacial score (nSPS) is 11.6. The molecule has 0 atom stereocenters. The number of rotatable bonds is 5. The standard InChI is InChI=1S/C27H24F3N3O2/c1-4-6-20-14-24-18(15-31-20)12-23(26(35)33(24)3)22-13-21(10-9-16(22)2)32-25(34)17-7-5-8-19(11-17)27(28,29)30/h5,7-15H,4,6H2,1-3H3,(H,32,34). The number of hydrogen-bond donors (Lipinski definition) is 1. The van der Waals surface area contributed by atoms with Crippen molar-refractivity contribution in [3.63, 3.8) is 0 Å². The molecule has 0 radical (unpaired) electrons. The predicted molar refractivity (Wildman–Crippen MR) is 131 cm³/mol. The van der Waals surface area contributed by atoms with Gasteiger partial charge in [0.2, 0.25) is 0 Å². The van der Waals surface area contributed by atoms with Gasteiger partial charge >= 0.3 is 6.18 Å². The second kappa shape index (κ2) is 9.37. The first-order chi connectivity index (χ1) is 16.6. The lowest BCUT2D eigenvalue weighted by atomic mass is 9.99. The van der Waals surface area contributed by atoms with Crippen LogP contribution in [0.3, 0.4) is 0 Å². The first-order valence-electron chi connectivity index (χ1n) is 11.2. The molecular formula is C27H24F3N3O2. The van der Waals surface area contributed by atoms with Crippen LogP contribution in [-0.4, -0.2) is 15.5 Å². The summed E-state index contributed by atoms with van der Waals surface area (Å²) in [7, 11) is 1.71. The monoisotopic (exact) mass is 479 g/mol. The molecule has 2 aromatic heterocycles. The number of nitrogens with zero attached hydrogens (tertiary/aromatic N) is 2. The summed E-state index contributed by atoms with van der Waals surface area (Å²) in [5, 5.41) is 3.44. The summed E-state index contributed by atoms with van der Waals surface area (Å²) in [4.78, 5) is 30.4. The second-order valence-electron chi connectivity index (χ2n) is 8.47. The zero-order chi connectivity index (χ0) is 25.3. The third-order valence-electron chi connectivity index (χ3n) is 5.91. The quantitative estimate of drug-likeness (QED) is 0.374. The van der Waals surface area contributed by atoms with Gasteiger partial charge in [0, 0.05) is 41.1 Å². The summed E-state index contributed by atoms with van der Waals surface area (Å²) in [5.74, 6) is -0.676. The molecular weight excluding hydrogens is 455 g/mol. The van der Waals surface area contributed by atoms with E-state index in [1.807, 2.05) is 13.0 Å². The summed E-state index contributed by atoms with van der Waals surface area (Å²) in [6.07, 6.45) is -1.03. The number of nitrogens with one attached hydrogen (secondary N) is 1. The molecule has 0 aliphatic heterocycles. The van der Waals surface area contributed by atoms with Crippen molar-refractivity contribution in [1.29, 1.82) is 0 Å². The van der Waals surface area contributed by atoms with Crippen molar-refractivity contribution in [1.82, 2.24) is 9.55 Å². The van der Waals surface area contributed by atoms with E-state index in [2.05, 4.69) is 17.2 Å². The van der Waals surface area contributed by atoms with Gasteiger partial charge in [0.05, 0.1) is 11.1 Å². The van der Waals surface area contributed by atoms with E-state index in [4.69, 9.17) is 0 Å². The molecule has 0 unspecified atom stereocenters. The van der Waals surface area contributed by atoms with Gasteiger partial charge in [0.1, 0.15) is 0 Å². The second-order valence-corrected chi connectivity index (χ2v) is 8.47. The lowest BCUT2D eigenvalue weighted by Crippen LogP contribution is -2.20. The fourth-order valence-electron chi connectivity index (χ4n) is 4.02. The highest BCUT2D eigenvalue weighted by atomic mass is 19.4. The predicted octanol–water partition coefficient (Wildman–Crippen LogP) is 6.13. The van der Waals surface area contributed by atoms with Crippen molar-refractivity contribution in [3.8, 4) is 11.1 Å². The molecule has 0 bridgehead atoms. The Bertz CT molecular complexity index is 1490. The van der Waals surface area contributed by atoms with Crippen LogP contribution in [0.25, 0.3) is 22.0 Å². The average molecular weight is 480 g/mol. The topological polar surface area (TPSA) is 64.0 Å². The smallest absolute Gasteiger partial charge is 0.322 e. The maximum Gasteiger partial charge on any atom is 0.416 e. The molecule has 0 fully saturated rings. The van der Waals surface area contributed by atoms with E-state index in [-0.39, 0.29) is 11.1 Å². The van der Waals surface area contributed by atoms with E-state index >= 15 is 0 Å². The average Bonchev–Trinajstić information content (AvgIpc) is 2.83. The summed E-state index contributed by atoms with van der Waals surface area (Å²) in [6.45, 7) is 3.91. The van der Waals surface area contributed by atoms with Crippen LogP contribution in [0.4, 0.5) is 18.9 Å². The lowest BCUT2D eigenvalue weighted by Gasteiger charge is -2.14. The molecule has 0 saturated carbocycles. The Morgan fingerprint density at radius 3 is 2.54 bits per heavy atom. The molecule has 0 aliphatic carbocycles. The summed E-state index contributed by atoms with van der Waals surface area (Å²) < 4.78 is 40.6. The Morgan fingerprint density at radius 1 is 1.06 bits per heavy atom. The molecule has 1 N–H and O–H groups in total. The minimum absolute atomic E-state index is 0.113. The van der Waals surface area contributed by atoms with Crippen molar-refractivity contribution < 1.29 is 18.0 Å². The highest BCUT2D eigenvalue weighted by Gasteiger charge is 2.30. The largest absolute Gasteiger partial charge is 0.416 e. The first-order valence-corrected chi connectivity index (χ1v) is 11.2. The van der Waals surface area contributed by atoms with E-state index in [1.165, 1.54) is 12.1 Å². The number of carbonyl (C=O) groups excluding carboxylic acids is 1. The summed E-state index contributed by atoms with van der Waals surface area (Å²) in [6, 6.07) is 13.0. The summed E-state index contributed by atoms with van der Waals surface area (Å²) >= 11 is 0. The Hall–Kier alpha value is -3.94. The Balaban J connectivity index is 1.71. The van der Waals surface area contributed by atoms with E-state index < -0.39 is 17.6 Å². The molecule has 5 nitrogen and oxygen atoms in total. The van der Waals surface area contributed by atoms with E-state index in [9.17, 15) is 22.8 Å². The number of aromatic nitrogens is 2. The van der Waals surface area contributed by atoms with E-state index in [1.54, 1.807) is 42.1 Å². The zero-order valence-electron chi connectivity index (χ0n) is 19.5. The zero-order valence-corrected chi connectivity index (χ0v) is 19.5. The van der Waals surface area contributed by atoms with Gasteiger partial charge < -0.3 is 9.88 Å². The van der Waals surface area contributed by atoms with Crippen LogP contribution in [0, 0.1) is 6.92 Å². The van der Waals surface area contributed by atoms with E-state index in [0.29, 0.717) is 16.8 Å². The molecule has 0 spiro atoms. The Kier molecular flexibility index (Phi) is 6.47. The van der Waals surface area contributed by atoms with Gasteiger partial charge in [0.25, 0.3) is 11.5 Å². The molecule has 0 aliphatic rings. The number of amides is 1. The van der Waals surface area contributed by atoms with Gasteiger partial charge in [0.15, 0.2) is 0 Å². The van der Waals surface area contributed by atoms with Crippen LogP contribution < -0.4 is 10.9 Å². The van der Waals surface area contributed by atoms with Crippen molar-refractivity contribution >= 4 is 22.5 Å². The molecule has 4 rings (SSSR count). The highest BCUT2D eigenvalue weighted by Crippen LogP contribution is 2.30. The Morgan fingerprint density at radius 2 is 1.83 bits per heavy atom.